The van der Waals surface area contributed by atoms with Gasteiger partial charge < -0.3 is 15.4 Å². The number of hydrogen-bond acceptors (Lipinski definition) is 6. The van der Waals surface area contributed by atoms with Crippen molar-refractivity contribution in [2.24, 2.45) is 0 Å². The Bertz CT molecular complexity index is 1140. The van der Waals surface area contributed by atoms with E-state index in [1.165, 1.54) is 0 Å². The summed E-state index contributed by atoms with van der Waals surface area (Å²) in [4.78, 5) is 25.6. The van der Waals surface area contributed by atoms with Gasteiger partial charge in [0.05, 0.1) is 17.8 Å². The minimum atomic E-state index is -0.333. The molecule has 0 unspecified atom stereocenters. The Kier molecular flexibility index (Phi) is 5.29. The minimum Gasteiger partial charge on any atom is -0.494 e. The molecule has 0 saturated carbocycles. The first kappa shape index (κ1) is 18.4. The number of pyridine rings is 1. The molecule has 29 heavy (non-hydrogen) atoms. The van der Waals surface area contributed by atoms with E-state index >= 15 is 0 Å². The van der Waals surface area contributed by atoms with E-state index in [1.807, 2.05) is 61.5 Å². The Morgan fingerprint density at radius 2 is 1.79 bits per heavy atom. The molecule has 0 radical (unpaired) electrons. The summed E-state index contributed by atoms with van der Waals surface area (Å²) in [6, 6.07) is 18.4. The summed E-state index contributed by atoms with van der Waals surface area (Å²) in [6.07, 6.45) is 3.24. The topological polar surface area (TPSA) is 89.0 Å². The number of ether oxygens (including phenoxy) is 1. The fourth-order valence-corrected chi connectivity index (χ4v) is 2.87. The molecule has 1 amide bonds. The number of carbonyl (C=O) groups excluding carboxylic acids is 1. The number of rotatable bonds is 6. The zero-order valence-corrected chi connectivity index (χ0v) is 15.8. The number of hydrogen-bond donors (Lipinski definition) is 2. The molecule has 0 aliphatic rings. The summed E-state index contributed by atoms with van der Waals surface area (Å²) < 4.78 is 5.43. The Hall–Kier alpha value is -4.00. The van der Waals surface area contributed by atoms with E-state index in [-0.39, 0.29) is 11.6 Å². The van der Waals surface area contributed by atoms with Gasteiger partial charge >= 0.3 is 0 Å². The molecule has 2 aromatic heterocycles. The third-order valence-electron chi connectivity index (χ3n) is 4.19. The predicted octanol–water partition coefficient (Wildman–Crippen LogP) is 4.42. The van der Waals surface area contributed by atoms with Crippen LogP contribution >= 0.6 is 0 Å². The molecule has 0 bridgehead atoms. The van der Waals surface area contributed by atoms with Crippen LogP contribution in [-0.2, 0) is 0 Å². The van der Waals surface area contributed by atoms with Crippen molar-refractivity contribution >= 4 is 34.1 Å². The van der Waals surface area contributed by atoms with Crippen LogP contribution in [0.3, 0.4) is 0 Å². The van der Waals surface area contributed by atoms with Crippen molar-refractivity contribution in [3.63, 3.8) is 0 Å². The summed E-state index contributed by atoms with van der Waals surface area (Å²) in [7, 11) is 0. The van der Waals surface area contributed by atoms with E-state index in [4.69, 9.17) is 4.74 Å². The van der Waals surface area contributed by atoms with E-state index in [0.29, 0.717) is 18.2 Å². The van der Waals surface area contributed by atoms with Gasteiger partial charge in [0.25, 0.3) is 5.91 Å². The summed E-state index contributed by atoms with van der Waals surface area (Å²) in [6.45, 7) is 2.55. The molecule has 0 fully saturated rings. The number of para-hydroxylation sites is 1. The van der Waals surface area contributed by atoms with Crippen molar-refractivity contribution in [3.8, 4) is 5.75 Å². The van der Waals surface area contributed by atoms with E-state index in [2.05, 4.69) is 25.6 Å². The molecule has 0 aliphatic heterocycles. The van der Waals surface area contributed by atoms with Gasteiger partial charge in [-0.25, -0.2) is 9.97 Å². The van der Waals surface area contributed by atoms with Gasteiger partial charge in [0, 0.05) is 23.5 Å². The number of nitrogens with zero attached hydrogens (tertiary/aromatic N) is 3. The van der Waals surface area contributed by atoms with E-state index < -0.39 is 0 Å². The third kappa shape index (κ3) is 4.30. The maximum Gasteiger partial charge on any atom is 0.274 e. The Balaban J connectivity index is 1.51. The molecular weight excluding hydrogens is 366 g/mol. The average Bonchev–Trinajstić information content (AvgIpc) is 2.76. The summed E-state index contributed by atoms with van der Waals surface area (Å²) in [5, 5.41) is 6.92. The van der Waals surface area contributed by atoms with Crippen molar-refractivity contribution in [1.29, 1.82) is 0 Å². The summed E-state index contributed by atoms with van der Waals surface area (Å²) in [5.74, 6) is 0.786. The molecule has 0 aliphatic carbocycles. The van der Waals surface area contributed by atoms with Crippen molar-refractivity contribution in [3.05, 3.63) is 78.8 Å². The lowest BCUT2D eigenvalue weighted by molar-refractivity contribution is 0.102. The molecule has 7 nitrogen and oxygen atoms in total. The van der Waals surface area contributed by atoms with Gasteiger partial charge in [-0.1, -0.05) is 18.2 Å². The van der Waals surface area contributed by atoms with Crippen LogP contribution in [0.1, 0.15) is 17.4 Å². The average molecular weight is 385 g/mol. The number of carbonyl (C=O) groups is 1. The van der Waals surface area contributed by atoms with Crippen LogP contribution in [0.25, 0.3) is 10.9 Å². The van der Waals surface area contributed by atoms with Crippen molar-refractivity contribution in [2.45, 2.75) is 6.92 Å². The molecule has 4 rings (SSSR count). The van der Waals surface area contributed by atoms with Gasteiger partial charge in [-0.2, -0.15) is 0 Å². The smallest absolute Gasteiger partial charge is 0.274 e. The molecule has 2 aromatic carbocycles. The molecule has 144 valence electrons. The lowest BCUT2D eigenvalue weighted by Crippen LogP contribution is -2.15. The normalized spacial score (nSPS) is 10.5. The van der Waals surface area contributed by atoms with Crippen molar-refractivity contribution < 1.29 is 9.53 Å². The molecule has 4 aromatic rings. The Morgan fingerprint density at radius 3 is 2.62 bits per heavy atom. The molecule has 2 heterocycles. The van der Waals surface area contributed by atoms with Crippen LogP contribution < -0.4 is 15.4 Å². The SMILES string of the molecule is CCOc1ccc(Nc2nccc(C(=O)Nc3cccc4cccnc34)n2)cc1. The Labute approximate surface area is 167 Å². The first-order valence-electron chi connectivity index (χ1n) is 9.21. The maximum absolute atomic E-state index is 12.7. The zero-order valence-electron chi connectivity index (χ0n) is 15.8. The highest BCUT2D eigenvalue weighted by molar-refractivity contribution is 6.07. The number of fused-ring (bicyclic) bond motifs is 1. The standard InChI is InChI=1S/C22H19N5O2/c1-2-29-17-10-8-16(9-11-17)25-22-24-14-12-19(27-22)21(28)26-18-7-3-5-15-6-4-13-23-20(15)18/h3-14H,2H2,1H3,(H,26,28)(H,24,25,27). The second kappa shape index (κ2) is 8.35. The summed E-state index contributed by atoms with van der Waals surface area (Å²) in [5.41, 5.74) is 2.41. The van der Waals surface area contributed by atoms with Gasteiger partial charge in [0.2, 0.25) is 5.95 Å². The van der Waals surface area contributed by atoms with Gasteiger partial charge in [0.15, 0.2) is 0 Å². The fourth-order valence-electron chi connectivity index (χ4n) is 2.87. The van der Waals surface area contributed by atoms with Gasteiger partial charge in [-0.05, 0) is 49.4 Å². The van der Waals surface area contributed by atoms with Crippen LogP contribution in [0.15, 0.2) is 73.1 Å². The molecular formula is C22H19N5O2. The van der Waals surface area contributed by atoms with E-state index in [1.54, 1.807) is 18.5 Å². The lowest BCUT2D eigenvalue weighted by atomic mass is 10.2. The second-order valence-electron chi connectivity index (χ2n) is 6.18. The maximum atomic E-state index is 12.7. The second-order valence-corrected chi connectivity index (χ2v) is 6.18. The quantitative estimate of drug-likeness (QED) is 0.511. The highest BCUT2D eigenvalue weighted by Crippen LogP contribution is 2.22. The largest absolute Gasteiger partial charge is 0.494 e. The van der Waals surface area contributed by atoms with Crippen molar-refractivity contribution in [1.82, 2.24) is 15.0 Å². The number of benzene rings is 2. The molecule has 0 spiro atoms. The first-order valence-corrected chi connectivity index (χ1v) is 9.21. The zero-order chi connectivity index (χ0) is 20.1. The monoisotopic (exact) mass is 385 g/mol. The highest BCUT2D eigenvalue weighted by atomic mass is 16.5. The number of amides is 1. The molecule has 0 atom stereocenters. The van der Waals surface area contributed by atoms with Crippen molar-refractivity contribution in [2.75, 3.05) is 17.2 Å². The van der Waals surface area contributed by atoms with Gasteiger partial charge in [-0.15, -0.1) is 0 Å². The van der Waals surface area contributed by atoms with E-state index in [9.17, 15) is 4.79 Å². The third-order valence-corrected chi connectivity index (χ3v) is 4.19. The van der Waals surface area contributed by atoms with Gasteiger partial charge in [0.1, 0.15) is 11.4 Å². The first-order chi connectivity index (χ1) is 14.2. The lowest BCUT2D eigenvalue weighted by Gasteiger charge is -2.09. The van der Waals surface area contributed by atoms with Crippen LogP contribution in [-0.4, -0.2) is 27.5 Å². The minimum absolute atomic E-state index is 0.251. The van der Waals surface area contributed by atoms with Gasteiger partial charge in [-0.3, -0.25) is 9.78 Å². The molecule has 7 heteroatoms. The predicted molar refractivity (Wildman–Crippen MR) is 113 cm³/mol. The van der Waals surface area contributed by atoms with Crippen LogP contribution in [0, 0.1) is 0 Å². The van der Waals surface area contributed by atoms with Crippen LogP contribution in [0.4, 0.5) is 17.3 Å². The number of nitrogens with one attached hydrogen (secondary N) is 2. The van der Waals surface area contributed by atoms with Crippen LogP contribution in [0.2, 0.25) is 0 Å². The molecule has 2 N–H and O–H groups in total. The van der Waals surface area contributed by atoms with E-state index in [0.717, 1.165) is 22.3 Å². The highest BCUT2D eigenvalue weighted by Gasteiger charge is 2.11. The molecule has 0 saturated heterocycles. The number of anilines is 3. The fraction of sp³-hybridized carbons (Fsp3) is 0.0909. The number of aromatic nitrogens is 3. The summed E-state index contributed by atoms with van der Waals surface area (Å²) >= 11 is 0. The van der Waals surface area contributed by atoms with Crippen LogP contribution in [0.5, 0.6) is 5.75 Å². The Morgan fingerprint density at radius 1 is 0.966 bits per heavy atom.